The maximum atomic E-state index is 6.13. The second-order valence-electron chi connectivity index (χ2n) is 12.3. The van der Waals surface area contributed by atoms with E-state index in [-0.39, 0.29) is 5.41 Å². The summed E-state index contributed by atoms with van der Waals surface area (Å²) in [5.41, 5.74) is 10.1. The molecule has 8 aromatic rings. The van der Waals surface area contributed by atoms with Crippen LogP contribution in [0.5, 0.6) is 0 Å². The summed E-state index contributed by atoms with van der Waals surface area (Å²) in [5.74, 6) is 0. The standard InChI is InChI=1S/C40H32N2O/c1-40(2,3)27-17-23-37-34(25-27)32-13-7-9-15-36(32)42(37)30-20-18-29(19-21-30)41(28-11-5-4-6-12-28)31-22-24-39-35(26-31)33-14-8-10-16-38(33)43-39/h4-26H,1-3H3. The Bertz CT molecular complexity index is 2260. The number of benzene rings is 6. The van der Waals surface area contributed by atoms with Gasteiger partial charge in [-0.1, -0.05) is 81.4 Å². The minimum atomic E-state index is 0.0890. The van der Waals surface area contributed by atoms with E-state index in [1.807, 2.05) is 12.1 Å². The topological polar surface area (TPSA) is 21.3 Å². The highest BCUT2D eigenvalue weighted by atomic mass is 16.3. The van der Waals surface area contributed by atoms with Crippen LogP contribution in [0.4, 0.5) is 17.1 Å². The van der Waals surface area contributed by atoms with Crippen molar-refractivity contribution in [1.29, 1.82) is 0 Å². The predicted molar refractivity (Wildman–Crippen MR) is 181 cm³/mol. The summed E-state index contributed by atoms with van der Waals surface area (Å²) in [6.45, 7) is 6.83. The maximum absolute atomic E-state index is 6.13. The van der Waals surface area contributed by atoms with Crippen molar-refractivity contribution in [3.05, 3.63) is 145 Å². The van der Waals surface area contributed by atoms with Crippen LogP contribution >= 0.6 is 0 Å². The van der Waals surface area contributed by atoms with E-state index in [9.17, 15) is 0 Å². The Kier molecular flexibility index (Phi) is 5.70. The van der Waals surface area contributed by atoms with Crippen LogP contribution in [0.1, 0.15) is 26.3 Å². The van der Waals surface area contributed by atoms with Gasteiger partial charge in [0.15, 0.2) is 0 Å². The molecule has 208 valence electrons. The first-order chi connectivity index (χ1) is 21.0. The van der Waals surface area contributed by atoms with Gasteiger partial charge in [-0.3, -0.25) is 0 Å². The second-order valence-corrected chi connectivity index (χ2v) is 12.3. The lowest BCUT2D eigenvalue weighted by Gasteiger charge is -2.26. The molecule has 0 unspecified atom stereocenters. The lowest BCUT2D eigenvalue weighted by Crippen LogP contribution is -2.10. The summed E-state index contributed by atoms with van der Waals surface area (Å²) in [6, 6.07) is 49.8. The molecule has 0 saturated carbocycles. The summed E-state index contributed by atoms with van der Waals surface area (Å²) in [5, 5.41) is 4.81. The van der Waals surface area contributed by atoms with E-state index in [4.69, 9.17) is 4.42 Å². The summed E-state index contributed by atoms with van der Waals surface area (Å²) < 4.78 is 8.52. The fraction of sp³-hybridized carbons (Fsp3) is 0.100. The van der Waals surface area contributed by atoms with E-state index in [0.717, 1.165) is 44.7 Å². The molecular weight excluding hydrogens is 524 g/mol. The third-order valence-corrected chi connectivity index (χ3v) is 8.54. The van der Waals surface area contributed by atoms with Gasteiger partial charge in [0.05, 0.1) is 11.0 Å². The number of anilines is 3. The van der Waals surface area contributed by atoms with Crippen molar-refractivity contribution in [2.75, 3.05) is 4.90 Å². The van der Waals surface area contributed by atoms with Gasteiger partial charge in [-0.05, 0) is 89.8 Å². The van der Waals surface area contributed by atoms with E-state index in [1.54, 1.807) is 0 Å². The summed E-state index contributed by atoms with van der Waals surface area (Å²) in [4.78, 5) is 2.31. The maximum Gasteiger partial charge on any atom is 0.135 e. The van der Waals surface area contributed by atoms with E-state index < -0.39 is 0 Å². The normalized spacial score (nSPS) is 12.1. The SMILES string of the molecule is CC(C)(C)c1ccc2c(c1)c1ccccc1n2-c1ccc(N(c2ccccc2)c2ccc3oc4ccccc4c3c2)cc1. The second kappa shape index (κ2) is 9.64. The molecule has 43 heavy (non-hydrogen) atoms. The Labute approximate surface area is 251 Å². The minimum Gasteiger partial charge on any atom is -0.456 e. The van der Waals surface area contributed by atoms with Crippen LogP contribution in [0.25, 0.3) is 49.4 Å². The Morgan fingerprint density at radius 3 is 1.91 bits per heavy atom. The van der Waals surface area contributed by atoms with Crippen molar-refractivity contribution in [2.24, 2.45) is 0 Å². The van der Waals surface area contributed by atoms with Crippen molar-refractivity contribution < 1.29 is 4.42 Å². The largest absolute Gasteiger partial charge is 0.456 e. The molecule has 0 spiro atoms. The zero-order valence-corrected chi connectivity index (χ0v) is 24.6. The number of hydrogen-bond acceptors (Lipinski definition) is 2. The van der Waals surface area contributed by atoms with Crippen molar-refractivity contribution in [2.45, 2.75) is 26.2 Å². The molecule has 2 heterocycles. The van der Waals surface area contributed by atoms with Gasteiger partial charge in [0, 0.05) is 44.3 Å². The van der Waals surface area contributed by atoms with Gasteiger partial charge >= 0.3 is 0 Å². The third kappa shape index (κ3) is 4.20. The van der Waals surface area contributed by atoms with E-state index >= 15 is 0 Å². The minimum absolute atomic E-state index is 0.0890. The highest BCUT2D eigenvalue weighted by Crippen LogP contribution is 2.40. The van der Waals surface area contributed by atoms with Gasteiger partial charge < -0.3 is 13.9 Å². The molecule has 0 aliphatic heterocycles. The molecule has 0 saturated heterocycles. The number of rotatable bonds is 4. The smallest absolute Gasteiger partial charge is 0.135 e. The van der Waals surface area contributed by atoms with E-state index in [1.165, 1.54) is 27.4 Å². The van der Waals surface area contributed by atoms with Crippen molar-refractivity contribution in [3.63, 3.8) is 0 Å². The molecule has 0 radical (unpaired) electrons. The Morgan fingerprint density at radius 1 is 0.488 bits per heavy atom. The van der Waals surface area contributed by atoms with Gasteiger partial charge in [-0.15, -0.1) is 0 Å². The Hall–Kier alpha value is -5.28. The molecule has 0 aliphatic rings. The predicted octanol–water partition coefficient (Wildman–Crippen LogP) is 11.5. The average Bonchev–Trinajstić information content (AvgIpc) is 3.57. The fourth-order valence-electron chi connectivity index (χ4n) is 6.35. The van der Waals surface area contributed by atoms with Crippen LogP contribution in [0.2, 0.25) is 0 Å². The molecule has 0 atom stereocenters. The van der Waals surface area contributed by atoms with Crippen LogP contribution in [0.3, 0.4) is 0 Å². The van der Waals surface area contributed by atoms with Gasteiger partial charge in [0.1, 0.15) is 11.2 Å². The number of hydrogen-bond donors (Lipinski definition) is 0. The first kappa shape index (κ1) is 25.4. The third-order valence-electron chi connectivity index (χ3n) is 8.54. The molecule has 8 rings (SSSR count). The number of para-hydroxylation sites is 3. The number of fused-ring (bicyclic) bond motifs is 6. The first-order valence-electron chi connectivity index (χ1n) is 14.9. The lowest BCUT2D eigenvalue weighted by atomic mass is 9.86. The van der Waals surface area contributed by atoms with Crippen molar-refractivity contribution in [3.8, 4) is 5.69 Å². The fourth-order valence-corrected chi connectivity index (χ4v) is 6.35. The van der Waals surface area contributed by atoms with Gasteiger partial charge in [0.25, 0.3) is 0 Å². The highest BCUT2D eigenvalue weighted by Gasteiger charge is 2.19. The molecule has 0 fully saturated rings. The summed E-state index contributed by atoms with van der Waals surface area (Å²) in [6.07, 6.45) is 0. The van der Waals surface area contributed by atoms with Crippen LogP contribution in [-0.2, 0) is 5.41 Å². The molecule has 2 aromatic heterocycles. The van der Waals surface area contributed by atoms with E-state index in [2.05, 4.69) is 158 Å². The molecule has 0 amide bonds. The summed E-state index contributed by atoms with van der Waals surface area (Å²) >= 11 is 0. The molecule has 6 aromatic carbocycles. The van der Waals surface area contributed by atoms with Crippen molar-refractivity contribution in [1.82, 2.24) is 4.57 Å². The number of aromatic nitrogens is 1. The quantitative estimate of drug-likeness (QED) is 0.215. The van der Waals surface area contributed by atoms with Crippen LogP contribution in [0.15, 0.2) is 144 Å². The van der Waals surface area contributed by atoms with Gasteiger partial charge in [0.2, 0.25) is 0 Å². The average molecular weight is 557 g/mol. The molecule has 3 heteroatoms. The van der Waals surface area contributed by atoms with Gasteiger partial charge in [-0.2, -0.15) is 0 Å². The van der Waals surface area contributed by atoms with E-state index in [0.29, 0.717) is 0 Å². The molecule has 0 N–H and O–H groups in total. The Balaban J connectivity index is 1.27. The summed E-state index contributed by atoms with van der Waals surface area (Å²) in [7, 11) is 0. The monoisotopic (exact) mass is 556 g/mol. The Morgan fingerprint density at radius 2 is 1.12 bits per heavy atom. The first-order valence-corrected chi connectivity index (χ1v) is 14.9. The number of nitrogens with zero attached hydrogens (tertiary/aromatic N) is 2. The van der Waals surface area contributed by atoms with Crippen LogP contribution < -0.4 is 4.90 Å². The van der Waals surface area contributed by atoms with Crippen LogP contribution in [-0.4, -0.2) is 4.57 Å². The highest BCUT2D eigenvalue weighted by molar-refractivity contribution is 6.10. The molecule has 0 bridgehead atoms. The van der Waals surface area contributed by atoms with Gasteiger partial charge in [-0.25, -0.2) is 0 Å². The molecule has 0 aliphatic carbocycles. The molecule has 3 nitrogen and oxygen atoms in total. The van der Waals surface area contributed by atoms with Crippen molar-refractivity contribution >= 4 is 60.8 Å². The molecular formula is C40H32N2O. The zero-order valence-electron chi connectivity index (χ0n) is 24.6. The number of furan rings is 1. The lowest BCUT2D eigenvalue weighted by molar-refractivity contribution is 0.591. The van der Waals surface area contributed by atoms with Crippen LogP contribution in [0, 0.1) is 0 Å². The zero-order chi connectivity index (χ0) is 29.1.